The summed E-state index contributed by atoms with van der Waals surface area (Å²) in [5.41, 5.74) is 0. The lowest BCUT2D eigenvalue weighted by molar-refractivity contribution is -0.142. The van der Waals surface area contributed by atoms with Crippen LogP contribution in [0.25, 0.3) is 0 Å². The van der Waals surface area contributed by atoms with Crippen molar-refractivity contribution in [2.45, 2.75) is 64.7 Å². The quantitative estimate of drug-likeness (QED) is 0.435. The van der Waals surface area contributed by atoms with Crippen LogP contribution < -0.4 is 0 Å². The number of aldehydes is 1. The number of carbonyl (C=O) groups excluding carboxylic acids is 1. The molecule has 0 aromatic rings. The smallest absolute Gasteiger partial charge is 0.306 e. The third-order valence-electron chi connectivity index (χ3n) is 2.88. The minimum absolute atomic E-state index is 0.178. The molecule has 0 saturated carbocycles. The molecule has 0 spiro atoms. The molecule has 0 fully saturated rings. The molecule has 0 aliphatic heterocycles. The van der Waals surface area contributed by atoms with Gasteiger partial charge in [-0.3, -0.25) is 4.79 Å². The van der Waals surface area contributed by atoms with E-state index in [1.807, 2.05) is 0 Å². The highest BCUT2D eigenvalue weighted by atomic mass is 16.4. The lowest BCUT2D eigenvalue weighted by Crippen LogP contribution is -2.13. The molecule has 3 heteroatoms. The first kappa shape index (κ1) is 15.1. The van der Waals surface area contributed by atoms with E-state index in [1.165, 1.54) is 0 Å². The van der Waals surface area contributed by atoms with E-state index in [-0.39, 0.29) is 5.92 Å². The fourth-order valence-electron chi connectivity index (χ4n) is 1.83. The maximum atomic E-state index is 11.0. The summed E-state index contributed by atoms with van der Waals surface area (Å²) in [7, 11) is 0. The largest absolute Gasteiger partial charge is 0.481 e. The molecule has 1 atom stereocenters. The average molecular weight is 228 g/mol. The molecule has 94 valence electrons. The number of rotatable bonds is 11. The molecule has 0 aromatic carbocycles. The van der Waals surface area contributed by atoms with E-state index in [1.54, 1.807) is 0 Å². The van der Waals surface area contributed by atoms with Crippen LogP contribution in [-0.2, 0) is 9.59 Å². The Bertz CT molecular complexity index is 190. The summed E-state index contributed by atoms with van der Waals surface area (Å²) >= 11 is 0. The van der Waals surface area contributed by atoms with Crippen molar-refractivity contribution in [2.75, 3.05) is 0 Å². The highest BCUT2D eigenvalue weighted by Crippen LogP contribution is 2.17. The zero-order valence-corrected chi connectivity index (χ0v) is 10.3. The summed E-state index contributed by atoms with van der Waals surface area (Å²) in [5.74, 6) is -0.839. The Morgan fingerprint density at radius 3 is 2.25 bits per heavy atom. The van der Waals surface area contributed by atoms with Gasteiger partial charge in [0, 0.05) is 6.42 Å². The van der Waals surface area contributed by atoms with Gasteiger partial charge in [0.1, 0.15) is 6.29 Å². The minimum atomic E-state index is -0.661. The normalized spacial score (nSPS) is 12.3. The van der Waals surface area contributed by atoms with Gasteiger partial charge < -0.3 is 9.90 Å². The highest BCUT2D eigenvalue weighted by molar-refractivity contribution is 5.69. The molecule has 0 aliphatic rings. The number of hydrogen-bond donors (Lipinski definition) is 1. The molecule has 0 heterocycles. The number of carboxylic acid groups (broad SMARTS) is 1. The fourth-order valence-corrected chi connectivity index (χ4v) is 1.83. The van der Waals surface area contributed by atoms with Gasteiger partial charge in [-0.15, -0.1) is 0 Å². The maximum absolute atomic E-state index is 11.0. The van der Waals surface area contributed by atoms with E-state index in [9.17, 15) is 9.59 Å². The van der Waals surface area contributed by atoms with Gasteiger partial charge in [-0.25, -0.2) is 0 Å². The van der Waals surface area contributed by atoms with E-state index in [0.29, 0.717) is 6.42 Å². The second kappa shape index (κ2) is 10.7. The van der Waals surface area contributed by atoms with E-state index in [0.717, 1.165) is 57.7 Å². The SMILES string of the molecule is CCCCCC(CCCCCC=O)C(=O)O. The first-order valence-electron chi connectivity index (χ1n) is 6.38. The van der Waals surface area contributed by atoms with Gasteiger partial charge >= 0.3 is 5.97 Å². The summed E-state index contributed by atoms with van der Waals surface area (Å²) in [6.07, 6.45) is 9.15. The topological polar surface area (TPSA) is 54.4 Å². The van der Waals surface area contributed by atoms with Crippen LogP contribution in [0.4, 0.5) is 0 Å². The Labute approximate surface area is 98.2 Å². The molecule has 0 bridgehead atoms. The molecule has 0 aromatic heterocycles. The van der Waals surface area contributed by atoms with Gasteiger partial charge in [0.05, 0.1) is 5.92 Å². The van der Waals surface area contributed by atoms with Gasteiger partial charge in [0.2, 0.25) is 0 Å². The van der Waals surface area contributed by atoms with Crippen molar-refractivity contribution in [1.29, 1.82) is 0 Å². The molecule has 0 saturated heterocycles. The zero-order valence-electron chi connectivity index (χ0n) is 10.3. The zero-order chi connectivity index (χ0) is 12.2. The number of aliphatic carboxylic acids is 1. The Kier molecular flexibility index (Phi) is 10.1. The minimum Gasteiger partial charge on any atom is -0.481 e. The molecular weight excluding hydrogens is 204 g/mol. The van der Waals surface area contributed by atoms with Crippen LogP contribution in [0.1, 0.15) is 64.7 Å². The Balaban J connectivity index is 3.59. The molecule has 0 radical (unpaired) electrons. The van der Waals surface area contributed by atoms with Crippen LogP contribution in [0.3, 0.4) is 0 Å². The Morgan fingerprint density at radius 2 is 1.75 bits per heavy atom. The van der Waals surface area contributed by atoms with Gasteiger partial charge in [-0.2, -0.15) is 0 Å². The van der Waals surface area contributed by atoms with Crippen molar-refractivity contribution in [3.8, 4) is 0 Å². The molecule has 3 nitrogen and oxygen atoms in total. The Morgan fingerprint density at radius 1 is 1.12 bits per heavy atom. The molecule has 0 rings (SSSR count). The summed E-state index contributed by atoms with van der Waals surface area (Å²) in [4.78, 5) is 21.0. The van der Waals surface area contributed by atoms with Crippen LogP contribution in [0.15, 0.2) is 0 Å². The second-order valence-electron chi connectivity index (χ2n) is 4.34. The predicted molar refractivity (Wildman–Crippen MR) is 64.4 cm³/mol. The van der Waals surface area contributed by atoms with Crippen LogP contribution in [0.5, 0.6) is 0 Å². The maximum Gasteiger partial charge on any atom is 0.306 e. The summed E-state index contributed by atoms with van der Waals surface area (Å²) < 4.78 is 0. The monoisotopic (exact) mass is 228 g/mol. The highest BCUT2D eigenvalue weighted by Gasteiger charge is 2.15. The lowest BCUT2D eigenvalue weighted by atomic mass is 9.95. The standard InChI is InChI=1S/C13H24O3/c1-2-3-6-9-12(13(15)16)10-7-4-5-8-11-14/h11-12H,2-10H2,1H3,(H,15,16). The van der Waals surface area contributed by atoms with Crippen molar-refractivity contribution >= 4 is 12.3 Å². The molecule has 1 N–H and O–H groups in total. The van der Waals surface area contributed by atoms with E-state index >= 15 is 0 Å². The average Bonchev–Trinajstić information content (AvgIpc) is 2.26. The molecule has 0 aliphatic carbocycles. The van der Waals surface area contributed by atoms with Crippen LogP contribution in [-0.4, -0.2) is 17.4 Å². The lowest BCUT2D eigenvalue weighted by Gasteiger charge is -2.11. The molecule has 16 heavy (non-hydrogen) atoms. The summed E-state index contributed by atoms with van der Waals surface area (Å²) in [6.45, 7) is 2.12. The van der Waals surface area contributed by atoms with E-state index < -0.39 is 5.97 Å². The first-order valence-corrected chi connectivity index (χ1v) is 6.38. The third kappa shape index (κ3) is 8.45. The molecular formula is C13H24O3. The van der Waals surface area contributed by atoms with Crippen LogP contribution >= 0.6 is 0 Å². The fraction of sp³-hybridized carbons (Fsp3) is 0.846. The van der Waals surface area contributed by atoms with Gasteiger partial charge in [0.25, 0.3) is 0 Å². The number of unbranched alkanes of at least 4 members (excludes halogenated alkanes) is 5. The van der Waals surface area contributed by atoms with Crippen molar-refractivity contribution in [3.63, 3.8) is 0 Å². The summed E-state index contributed by atoms with van der Waals surface area (Å²) in [5, 5.41) is 9.02. The molecule has 1 unspecified atom stereocenters. The third-order valence-corrected chi connectivity index (χ3v) is 2.88. The summed E-state index contributed by atoms with van der Waals surface area (Å²) in [6, 6.07) is 0. The molecule has 0 amide bonds. The van der Waals surface area contributed by atoms with Crippen molar-refractivity contribution in [2.24, 2.45) is 5.92 Å². The van der Waals surface area contributed by atoms with Crippen molar-refractivity contribution in [1.82, 2.24) is 0 Å². The van der Waals surface area contributed by atoms with Gasteiger partial charge in [0.15, 0.2) is 0 Å². The van der Waals surface area contributed by atoms with Crippen molar-refractivity contribution in [3.05, 3.63) is 0 Å². The Hall–Kier alpha value is -0.860. The van der Waals surface area contributed by atoms with Crippen LogP contribution in [0.2, 0.25) is 0 Å². The van der Waals surface area contributed by atoms with Crippen LogP contribution in [0, 0.1) is 5.92 Å². The number of hydrogen-bond acceptors (Lipinski definition) is 2. The first-order chi connectivity index (χ1) is 7.72. The van der Waals surface area contributed by atoms with Crippen molar-refractivity contribution < 1.29 is 14.7 Å². The van der Waals surface area contributed by atoms with Gasteiger partial charge in [-0.1, -0.05) is 39.0 Å². The number of carbonyl (C=O) groups is 2. The predicted octanol–water partition coefficient (Wildman–Crippen LogP) is 3.42. The van der Waals surface area contributed by atoms with E-state index in [4.69, 9.17) is 5.11 Å². The van der Waals surface area contributed by atoms with Gasteiger partial charge in [-0.05, 0) is 19.3 Å². The second-order valence-corrected chi connectivity index (χ2v) is 4.34. The van der Waals surface area contributed by atoms with E-state index in [2.05, 4.69) is 6.92 Å². The number of carboxylic acids is 1.